The summed E-state index contributed by atoms with van der Waals surface area (Å²) in [5.41, 5.74) is 22.4. The maximum atomic E-state index is 10.5. The monoisotopic (exact) mass is 1120 g/mol. The number of pyridine rings is 5. The lowest BCUT2D eigenvalue weighted by Crippen LogP contribution is -2.03. The van der Waals surface area contributed by atoms with E-state index in [1.54, 1.807) is 0 Å². The molecule has 0 saturated carbocycles. The Balaban J connectivity index is 0.906. The van der Waals surface area contributed by atoms with E-state index in [0.29, 0.717) is 11.4 Å². The molecule has 0 amide bonds. The lowest BCUT2D eigenvalue weighted by molar-refractivity contribution is 1.06. The summed E-state index contributed by atoms with van der Waals surface area (Å²) in [6.45, 7) is 0. The van der Waals surface area contributed by atoms with E-state index in [4.69, 9.17) is 24.9 Å². The number of nitrogens with zero attached hydrogens (tertiary/aromatic N) is 8. The Bertz CT molecular complexity index is 5110. The van der Waals surface area contributed by atoms with Crippen molar-refractivity contribution in [3.8, 4) is 119 Å². The van der Waals surface area contributed by atoms with Crippen molar-refractivity contribution in [2.24, 2.45) is 0 Å². The van der Waals surface area contributed by atoms with E-state index >= 15 is 0 Å². The molecule has 0 aliphatic heterocycles. The first-order chi connectivity index (χ1) is 43.5. The summed E-state index contributed by atoms with van der Waals surface area (Å²) in [4.78, 5) is 26.4. The highest BCUT2D eigenvalue weighted by Crippen LogP contribution is 2.43. The van der Waals surface area contributed by atoms with Crippen molar-refractivity contribution in [3.05, 3.63) is 309 Å². The van der Waals surface area contributed by atoms with Crippen LogP contribution in [0, 0.1) is 11.3 Å². The van der Waals surface area contributed by atoms with Crippen molar-refractivity contribution in [1.29, 1.82) is 5.26 Å². The molecule has 8 nitrogen and oxygen atoms in total. The summed E-state index contributed by atoms with van der Waals surface area (Å²) in [6.07, 6.45) is 2.00. The van der Waals surface area contributed by atoms with Gasteiger partial charge in [0.1, 0.15) is 5.82 Å². The van der Waals surface area contributed by atoms with Crippen molar-refractivity contribution in [2.45, 2.75) is 0 Å². The maximum Gasteiger partial charge on any atom is 0.138 e. The van der Waals surface area contributed by atoms with E-state index < -0.39 is 0 Å². The van der Waals surface area contributed by atoms with Crippen LogP contribution in [-0.2, 0) is 0 Å². The Morgan fingerprint density at radius 1 is 0.261 bits per heavy atom. The molecule has 0 fully saturated rings. The third-order valence-electron chi connectivity index (χ3n) is 16.6. The number of aromatic nitrogens is 7. The van der Waals surface area contributed by atoms with Crippen LogP contribution < -0.4 is 0 Å². The second kappa shape index (κ2) is 21.8. The van der Waals surface area contributed by atoms with Gasteiger partial charge in [0.05, 0.1) is 91.1 Å². The molecule has 16 aromatic rings. The largest absolute Gasteiger partial charge is 0.307 e. The summed E-state index contributed by atoms with van der Waals surface area (Å²) in [7, 11) is 0. The molecule has 0 radical (unpaired) electrons. The molecule has 0 saturated heterocycles. The summed E-state index contributed by atoms with van der Waals surface area (Å²) >= 11 is 0. The fourth-order valence-corrected chi connectivity index (χ4v) is 12.4. The SMILES string of the molecule is N#Cc1cccc(-c2cc(-n3c4ccc(-c5cccc(-c6ccccc6)n5)cc4c4cc(-c5cccc(-c6ccccc6)n5)ccc43)ncc2-n2c3ccc(-c4cccc(-c5ccccc5)n4)cc3c3cc(-c4cccc(-c5ccccc5)n4)ccc32)c1. The molecule has 16 rings (SSSR count). The molecule has 0 unspecified atom stereocenters. The summed E-state index contributed by atoms with van der Waals surface area (Å²) in [5.74, 6) is 0.717. The van der Waals surface area contributed by atoms with E-state index in [-0.39, 0.29) is 0 Å². The minimum atomic E-state index is 0.556. The van der Waals surface area contributed by atoms with Crippen molar-refractivity contribution in [3.63, 3.8) is 0 Å². The summed E-state index contributed by atoms with van der Waals surface area (Å²) in [5, 5.41) is 14.6. The first-order valence-electron chi connectivity index (χ1n) is 29.3. The number of fused-ring (bicyclic) bond motifs is 6. The topological polar surface area (TPSA) is 98.1 Å². The molecular weight excluding hydrogens is 1070 g/mol. The molecule has 8 heteroatoms. The van der Waals surface area contributed by atoms with Gasteiger partial charge in [0.15, 0.2) is 0 Å². The van der Waals surface area contributed by atoms with Crippen LogP contribution in [-0.4, -0.2) is 34.1 Å². The zero-order chi connectivity index (χ0) is 58.5. The highest BCUT2D eigenvalue weighted by atomic mass is 15.1. The Morgan fingerprint density at radius 3 is 0.909 bits per heavy atom. The maximum absolute atomic E-state index is 10.5. The predicted molar refractivity (Wildman–Crippen MR) is 358 cm³/mol. The molecule has 7 heterocycles. The van der Waals surface area contributed by atoms with Crippen LogP contribution >= 0.6 is 0 Å². The lowest BCUT2D eigenvalue weighted by Gasteiger charge is -2.17. The van der Waals surface area contributed by atoms with Gasteiger partial charge in [-0.15, -0.1) is 0 Å². The van der Waals surface area contributed by atoms with Gasteiger partial charge in [0, 0.05) is 71.6 Å². The average molecular weight is 1120 g/mol. The van der Waals surface area contributed by atoms with E-state index in [0.717, 1.165) is 150 Å². The van der Waals surface area contributed by atoms with Gasteiger partial charge < -0.3 is 4.57 Å². The van der Waals surface area contributed by atoms with Crippen LogP contribution in [0.3, 0.4) is 0 Å². The van der Waals surface area contributed by atoms with Crippen LogP contribution in [0.25, 0.3) is 156 Å². The zero-order valence-corrected chi connectivity index (χ0v) is 47.4. The predicted octanol–water partition coefficient (Wildman–Crippen LogP) is 19.7. The molecule has 0 aliphatic carbocycles. The fraction of sp³-hybridized carbons (Fsp3) is 0. The second-order valence-corrected chi connectivity index (χ2v) is 21.9. The van der Waals surface area contributed by atoms with Gasteiger partial charge in [0.2, 0.25) is 0 Å². The standard InChI is InChI=1S/C80H50N8/c81-50-52-18-13-27-57(44-52)62-49-80(88-77-42-38-60(73-34-16-30-69(85-73)55-23-9-3-10-24-55)47-65(77)66-48-61(39-43-78(66)88)74-35-17-31-70(86-74)56-25-11-4-12-26-56)82-51-79(62)87-75-40-36-58(71-32-14-28-67(83-71)53-19-5-1-6-20-53)45-63(75)64-46-59(37-41-76(64)87)72-33-15-29-68(84-72)54-21-7-2-8-22-54/h1-49,51H. The van der Waals surface area contributed by atoms with Crippen LogP contribution in [0.2, 0.25) is 0 Å². The van der Waals surface area contributed by atoms with Crippen LogP contribution in [0.5, 0.6) is 0 Å². The summed E-state index contributed by atoms with van der Waals surface area (Å²) in [6, 6.07) is 105. The van der Waals surface area contributed by atoms with Gasteiger partial charge in [-0.2, -0.15) is 5.26 Å². The molecule has 9 aromatic carbocycles. The lowest BCUT2D eigenvalue weighted by atomic mass is 10.0. The number of hydrogen-bond donors (Lipinski definition) is 0. The number of benzene rings is 9. The molecule has 88 heavy (non-hydrogen) atoms. The molecule has 0 atom stereocenters. The van der Waals surface area contributed by atoms with Crippen LogP contribution in [0.1, 0.15) is 5.56 Å². The van der Waals surface area contributed by atoms with Gasteiger partial charge in [-0.05, 0) is 121 Å². The highest BCUT2D eigenvalue weighted by Gasteiger charge is 2.23. The minimum Gasteiger partial charge on any atom is -0.307 e. The Kier molecular flexibility index (Phi) is 12.7. The number of rotatable bonds is 11. The molecule has 0 N–H and O–H groups in total. The minimum absolute atomic E-state index is 0.556. The summed E-state index contributed by atoms with van der Waals surface area (Å²) < 4.78 is 4.58. The van der Waals surface area contributed by atoms with E-state index in [1.807, 2.05) is 97.2 Å². The third kappa shape index (κ3) is 9.33. The first-order valence-corrected chi connectivity index (χ1v) is 29.3. The third-order valence-corrected chi connectivity index (χ3v) is 16.6. The Hall–Kier alpha value is -12.2. The molecule has 0 aliphatic rings. The quantitative estimate of drug-likeness (QED) is 0.128. The van der Waals surface area contributed by atoms with Gasteiger partial charge in [-0.1, -0.05) is 182 Å². The van der Waals surface area contributed by atoms with Gasteiger partial charge in [-0.3, -0.25) is 4.57 Å². The van der Waals surface area contributed by atoms with Crippen molar-refractivity contribution in [1.82, 2.24) is 34.1 Å². The molecular formula is C80H50N8. The Morgan fingerprint density at radius 2 is 0.568 bits per heavy atom. The highest BCUT2D eigenvalue weighted by molar-refractivity contribution is 6.13. The zero-order valence-electron chi connectivity index (χ0n) is 47.4. The van der Waals surface area contributed by atoms with Crippen molar-refractivity contribution >= 4 is 43.6 Å². The van der Waals surface area contributed by atoms with Gasteiger partial charge in [0.25, 0.3) is 0 Å². The van der Waals surface area contributed by atoms with Crippen LogP contribution in [0.15, 0.2) is 303 Å². The van der Waals surface area contributed by atoms with Crippen LogP contribution in [0.4, 0.5) is 0 Å². The first kappa shape index (κ1) is 51.5. The normalized spacial score (nSPS) is 11.4. The fourth-order valence-electron chi connectivity index (χ4n) is 12.4. The van der Waals surface area contributed by atoms with E-state index in [1.165, 1.54) is 0 Å². The van der Waals surface area contributed by atoms with Crippen molar-refractivity contribution in [2.75, 3.05) is 0 Å². The number of hydrogen-bond acceptors (Lipinski definition) is 6. The van der Waals surface area contributed by atoms with Crippen molar-refractivity contribution < 1.29 is 0 Å². The smallest absolute Gasteiger partial charge is 0.138 e. The Labute approximate surface area is 507 Å². The molecule has 410 valence electrons. The van der Waals surface area contributed by atoms with Gasteiger partial charge >= 0.3 is 0 Å². The van der Waals surface area contributed by atoms with Gasteiger partial charge in [-0.25, -0.2) is 24.9 Å². The molecule has 0 spiro atoms. The van der Waals surface area contributed by atoms with E-state index in [9.17, 15) is 5.26 Å². The molecule has 0 bridgehead atoms. The second-order valence-electron chi connectivity index (χ2n) is 21.9. The van der Waals surface area contributed by atoms with E-state index in [2.05, 4.69) is 221 Å². The number of nitriles is 1. The molecule has 7 aromatic heterocycles. The average Bonchev–Trinajstić information content (AvgIpc) is 2.21.